The van der Waals surface area contributed by atoms with Crippen LogP contribution in [0.25, 0.3) is 11.1 Å². The highest BCUT2D eigenvalue weighted by molar-refractivity contribution is 7.99. The molecule has 2 N–H and O–H groups in total. The molecule has 1 aliphatic heterocycles. The van der Waals surface area contributed by atoms with E-state index < -0.39 is 6.29 Å². The molecular weight excluding hydrogens is 598 g/mol. The van der Waals surface area contributed by atoms with Crippen molar-refractivity contribution in [3.8, 4) is 11.1 Å². The van der Waals surface area contributed by atoms with Gasteiger partial charge in [-0.3, -0.25) is 9.78 Å². The number of aliphatic hydroxyl groups is 1. The van der Waals surface area contributed by atoms with Gasteiger partial charge in [-0.2, -0.15) is 4.73 Å². The van der Waals surface area contributed by atoms with E-state index >= 15 is 0 Å². The Morgan fingerprint density at radius 3 is 2.46 bits per heavy atom. The number of thioether (sulfide) groups is 1. The van der Waals surface area contributed by atoms with Crippen LogP contribution in [0.4, 0.5) is 0 Å². The summed E-state index contributed by atoms with van der Waals surface area (Å²) in [6.45, 7) is 2.49. The molecule has 46 heavy (non-hydrogen) atoms. The first-order valence-corrected chi connectivity index (χ1v) is 16.2. The largest absolute Gasteiger partial charge is 0.618 e. The number of carbonyl (C=O) groups is 1. The third-order valence-electron chi connectivity index (χ3n) is 8.13. The Morgan fingerprint density at radius 2 is 1.72 bits per heavy atom. The zero-order chi connectivity index (χ0) is 31.9. The van der Waals surface area contributed by atoms with Gasteiger partial charge in [0.1, 0.15) is 0 Å². The van der Waals surface area contributed by atoms with Gasteiger partial charge in [0.2, 0.25) is 0 Å². The lowest BCUT2D eigenvalue weighted by Crippen LogP contribution is -2.39. The standard InChI is InChI=1S/C37H35N3O5S/c1-25-33(24-46-34-9-2-3-19-40(34)43)44-37(45-35(25)29-12-10-26(23-41)11-13-29)30-16-14-28(15-17-30)31-7-4-6-27(20-31)21-39-36(42)32-8-5-18-38-22-32/h2-20,22,25,33,35,37,41H,21,23-24H2,1H3,(H,39,42). The number of aromatic nitrogens is 2. The number of nitrogens with zero attached hydrogens (tertiary/aromatic N) is 2. The van der Waals surface area contributed by atoms with E-state index in [2.05, 4.69) is 23.3 Å². The van der Waals surface area contributed by atoms with E-state index in [-0.39, 0.29) is 30.6 Å². The topological polar surface area (TPSA) is 108 Å². The molecular formula is C37H35N3O5S. The second kappa shape index (κ2) is 14.7. The quantitative estimate of drug-likeness (QED) is 0.104. The van der Waals surface area contributed by atoms with Gasteiger partial charge >= 0.3 is 0 Å². The molecule has 2 aromatic heterocycles. The summed E-state index contributed by atoms with van der Waals surface area (Å²) >= 11 is 1.47. The highest BCUT2D eigenvalue weighted by atomic mass is 32.2. The van der Waals surface area contributed by atoms with E-state index in [1.165, 1.54) is 18.0 Å². The van der Waals surface area contributed by atoms with Crippen molar-refractivity contribution < 1.29 is 24.1 Å². The first-order chi connectivity index (χ1) is 22.5. The maximum atomic E-state index is 12.5. The van der Waals surface area contributed by atoms with E-state index in [4.69, 9.17) is 9.47 Å². The van der Waals surface area contributed by atoms with E-state index in [1.54, 1.807) is 30.6 Å². The third-order valence-corrected chi connectivity index (χ3v) is 9.23. The molecule has 0 saturated carbocycles. The van der Waals surface area contributed by atoms with Gasteiger partial charge in [0.05, 0.1) is 24.4 Å². The van der Waals surface area contributed by atoms with Gasteiger partial charge in [0.15, 0.2) is 12.5 Å². The smallest absolute Gasteiger partial charge is 0.253 e. The Morgan fingerprint density at radius 1 is 0.913 bits per heavy atom. The van der Waals surface area contributed by atoms with Crippen LogP contribution in [-0.4, -0.2) is 27.9 Å². The van der Waals surface area contributed by atoms with E-state index in [0.29, 0.717) is 22.9 Å². The van der Waals surface area contributed by atoms with Gasteiger partial charge < -0.3 is 25.1 Å². The number of aliphatic hydroxyl groups excluding tert-OH is 1. The van der Waals surface area contributed by atoms with E-state index in [0.717, 1.165) is 38.1 Å². The van der Waals surface area contributed by atoms with Crippen LogP contribution < -0.4 is 10.0 Å². The summed E-state index contributed by atoms with van der Waals surface area (Å²) in [4.78, 5) is 16.5. The minimum absolute atomic E-state index is 0.00759. The van der Waals surface area contributed by atoms with Crippen molar-refractivity contribution in [2.75, 3.05) is 5.75 Å². The minimum Gasteiger partial charge on any atom is -0.618 e. The molecule has 3 aromatic carbocycles. The fourth-order valence-electron chi connectivity index (χ4n) is 5.48. The molecule has 6 rings (SSSR count). The number of carbonyl (C=O) groups excluding carboxylic acids is 1. The van der Waals surface area contributed by atoms with Gasteiger partial charge in [-0.25, -0.2) is 0 Å². The van der Waals surface area contributed by atoms with Crippen molar-refractivity contribution in [1.82, 2.24) is 10.3 Å². The molecule has 0 bridgehead atoms. The molecule has 0 spiro atoms. The number of benzene rings is 3. The van der Waals surface area contributed by atoms with Crippen LogP contribution in [0, 0.1) is 11.1 Å². The summed E-state index contributed by atoms with van der Waals surface area (Å²) in [6, 6.07) is 32.9. The van der Waals surface area contributed by atoms with Crippen molar-refractivity contribution >= 4 is 17.7 Å². The molecule has 0 radical (unpaired) electrons. The second-order valence-electron chi connectivity index (χ2n) is 11.2. The molecule has 1 saturated heterocycles. The van der Waals surface area contributed by atoms with Crippen LogP contribution in [0.2, 0.25) is 0 Å². The molecule has 8 nitrogen and oxygen atoms in total. The Hall–Kier alpha value is -4.54. The highest BCUT2D eigenvalue weighted by Gasteiger charge is 2.38. The van der Waals surface area contributed by atoms with Gasteiger partial charge in [0, 0.05) is 48.3 Å². The molecule has 9 heteroatoms. The van der Waals surface area contributed by atoms with Crippen LogP contribution in [-0.2, 0) is 22.6 Å². The zero-order valence-electron chi connectivity index (χ0n) is 25.4. The summed E-state index contributed by atoms with van der Waals surface area (Å²) in [5.41, 5.74) is 6.31. The first-order valence-electron chi connectivity index (χ1n) is 15.2. The van der Waals surface area contributed by atoms with E-state index in [9.17, 15) is 15.1 Å². The number of hydrogen-bond donors (Lipinski definition) is 2. The Bertz CT molecular complexity index is 1750. The third kappa shape index (κ3) is 7.46. The van der Waals surface area contributed by atoms with Crippen LogP contribution in [0.3, 0.4) is 0 Å². The summed E-state index contributed by atoms with van der Waals surface area (Å²) in [7, 11) is 0. The fraction of sp³-hybridized carbons (Fsp3) is 0.216. The van der Waals surface area contributed by atoms with Crippen molar-refractivity contribution in [3.63, 3.8) is 0 Å². The summed E-state index contributed by atoms with van der Waals surface area (Å²) in [5.74, 6) is 0.425. The van der Waals surface area contributed by atoms with Crippen molar-refractivity contribution in [2.24, 2.45) is 5.92 Å². The molecule has 4 atom stereocenters. The van der Waals surface area contributed by atoms with Gasteiger partial charge in [-0.15, -0.1) is 0 Å². The SMILES string of the molecule is CC1C(CSc2cccc[n+]2[O-])OC(c2ccc(-c3cccc(CNC(=O)c4cccnc4)c3)cc2)OC1c1ccc(CO)cc1. The number of pyridine rings is 2. The summed E-state index contributed by atoms with van der Waals surface area (Å²) in [6.07, 6.45) is 3.65. The molecule has 1 aliphatic rings. The highest BCUT2D eigenvalue weighted by Crippen LogP contribution is 2.43. The number of amides is 1. The molecule has 5 aromatic rings. The normalized spacial score (nSPS) is 19.4. The Kier molecular flexibility index (Phi) is 10.0. The molecule has 4 unspecified atom stereocenters. The average Bonchev–Trinajstić information content (AvgIpc) is 3.11. The predicted molar refractivity (Wildman–Crippen MR) is 176 cm³/mol. The zero-order valence-corrected chi connectivity index (χ0v) is 26.2. The van der Waals surface area contributed by atoms with Crippen molar-refractivity contribution in [3.05, 3.63) is 155 Å². The minimum atomic E-state index is -0.609. The van der Waals surface area contributed by atoms with Crippen LogP contribution in [0.5, 0.6) is 0 Å². The summed E-state index contributed by atoms with van der Waals surface area (Å²) in [5, 5.41) is 25.4. The molecule has 234 valence electrons. The monoisotopic (exact) mass is 633 g/mol. The second-order valence-corrected chi connectivity index (χ2v) is 12.3. The lowest BCUT2D eigenvalue weighted by molar-refractivity contribution is -0.645. The van der Waals surface area contributed by atoms with Crippen LogP contribution >= 0.6 is 11.8 Å². The molecule has 1 amide bonds. The van der Waals surface area contributed by atoms with Gasteiger partial charge in [0.25, 0.3) is 10.9 Å². The number of nitrogens with one attached hydrogen (secondary N) is 1. The maximum Gasteiger partial charge on any atom is 0.253 e. The van der Waals surface area contributed by atoms with Crippen molar-refractivity contribution in [2.45, 2.75) is 43.6 Å². The molecule has 1 fully saturated rings. The van der Waals surface area contributed by atoms with E-state index in [1.807, 2.05) is 78.9 Å². The van der Waals surface area contributed by atoms with Gasteiger partial charge in [-0.1, -0.05) is 85.4 Å². The first kappa shape index (κ1) is 31.4. The van der Waals surface area contributed by atoms with Crippen LogP contribution in [0.15, 0.2) is 127 Å². The molecule has 3 heterocycles. The average molecular weight is 634 g/mol. The Labute approximate surface area is 272 Å². The van der Waals surface area contributed by atoms with Gasteiger partial charge in [-0.05, 0) is 52.1 Å². The van der Waals surface area contributed by atoms with Crippen molar-refractivity contribution in [1.29, 1.82) is 0 Å². The number of hydrogen-bond acceptors (Lipinski definition) is 7. The maximum absolute atomic E-state index is 12.5. The summed E-state index contributed by atoms with van der Waals surface area (Å²) < 4.78 is 14.0. The van der Waals surface area contributed by atoms with Crippen LogP contribution in [0.1, 0.15) is 51.9 Å². The number of ether oxygens (including phenoxy) is 2. The Balaban J connectivity index is 1.18. The number of rotatable bonds is 10. The lowest BCUT2D eigenvalue weighted by atomic mass is 9.91. The predicted octanol–water partition coefficient (Wildman–Crippen LogP) is 6.39. The molecule has 0 aliphatic carbocycles. The fourth-order valence-corrected chi connectivity index (χ4v) is 6.56. The lowest BCUT2D eigenvalue weighted by Gasteiger charge is -2.41.